The monoisotopic (exact) mass is 423 g/mol. The van der Waals surface area contributed by atoms with Crippen molar-refractivity contribution in [1.82, 2.24) is 25.7 Å². The summed E-state index contributed by atoms with van der Waals surface area (Å²) in [5, 5.41) is 13.0. The highest BCUT2D eigenvalue weighted by atomic mass is 19.4. The zero-order valence-corrected chi connectivity index (χ0v) is 16.8. The van der Waals surface area contributed by atoms with E-state index in [0.29, 0.717) is 5.56 Å². The minimum atomic E-state index is -4.42. The van der Waals surface area contributed by atoms with Crippen molar-refractivity contribution in [1.29, 1.82) is 0 Å². The lowest BCUT2D eigenvalue weighted by molar-refractivity contribution is -0.137. The lowest BCUT2D eigenvalue weighted by atomic mass is 9.96. The van der Waals surface area contributed by atoms with Crippen LogP contribution in [-0.2, 0) is 21.3 Å². The Morgan fingerprint density at radius 1 is 1.27 bits per heavy atom. The van der Waals surface area contributed by atoms with Crippen LogP contribution in [0.5, 0.6) is 0 Å². The van der Waals surface area contributed by atoms with Gasteiger partial charge < -0.3 is 10.6 Å². The zero-order chi connectivity index (χ0) is 22.1. The van der Waals surface area contributed by atoms with E-state index in [1.807, 2.05) is 13.8 Å². The Kier molecular flexibility index (Phi) is 5.89. The van der Waals surface area contributed by atoms with Crippen LogP contribution >= 0.6 is 0 Å². The number of halogens is 3. The van der Waals surface area contributed by atoms with E-state index in [2.05, 4.69) is 21.0 Å². The van der Waals surface area contributed by atoms with Crippen LogP contribution in [0.25, 0.3) is 0 Å². The third-order valence-corrected chi connectivity index (χ3v) is 5.28. The molecule has 3 N–H and O–H groups in total. The second-order valence-electron chi connectivity index (χ2n) is 7.88. The Bertz CT molecular complexity index is 894. The van der Waals surface area contributed by atoms with Gasteiger partial charge in [-0.15, -0.1) is 0 Å². The smallest absolute Gasteiger partial charge is 0.348 e. The molecule has 0 bridgehead atoms. The van der Waals surface area contributed by atoms with Gasteiger partial charge >= 0.3 is 6.18 Å². The molecule has 1 fully saturated rings. The maximum atomic E-state index is 12.8. The maximum Gasteiger partial charge on any atom is 0.416 e. The van der Waals surface area contributed by atoms with Crippen molar-refractivity contribution >= 4 is 11.8 Å². The largest absolute Gasteiger partial charge is 0.416 e. The molecule has 0 spiro atoms. The minimum absolute atomic E-state index is 0.0444. The van der Waals surface area contributed by atoms with Gasteiger partial charge in [0.2, 0.25) is 11.8 Å². The third-order valence-electron chi connectivity index (χ3n) is 5.28. The fourth-order valence-corrected chi connectivity index (χ4v) is 3.36. The molecular formula is C20H24F3N5O2. The van der Waals surface area contributed by atoms with Crippen LogP contribution < -0.4 is 16.0 Å². The SMILES string of the molecule is C[C@@H](NC(=O)C1CC(=O)NC(C(C)(C)n2cccn2)N1)c1ccc(C(F)(F)F)cc1. The molecule has 1 aliphatic rings. The summed E-state index contributed by atoms with van der Waals surface area (Å²) >= 11 is 0. The first-order valence-corrected chi connectivity index (χ1v) is 9.51. The number of aromatic nitrogens is 2. The molecule has 10 heteroatoms. The molecule has 1 saturated heterocycles. The van der Waals surface area contributed by atoms with Crippen LogP contribution in [-0.4, -0.2) is 33.8 Å². The van der Waals surface area contributed by atoms with E-state index < -0.39 is 41.4 Å². The summed E-state index contributed by atoms with van der Waals surface area (Å²) < 4.78 is 39.9. The van der Waals surface area contributed by atoms with Crippen LogP contribution in [0.3, 0.4) is 0 Å². The van der Waals surface area contributed by atoms with Crippen molar-refractivity contribution in [3.05, 3.63) is 53.9 Å². The van der Waals surface area contributed by atoms with Gasteiger partial charge in [0.05, 0.1) is 29.6 Å². The number of rotatable bonds is 5. The van der Waals surface area contributed by atoms with Crippen molar-refractivity contribution in [3.8, 4) is 0 Å². The van der Waals surface area contributed by atoms with E-state index in [-0.39, 0.29) is 12.3 Å². The van der Waals surface area contributed by atoms with Crippen molar-refractivity contribution in [2.24, 2.45) is 0 Å². The Balaban J connectivity index is 1.67. The van der Waals surface area contributed by atoms with Gasteiger partial charge in [0.1, 0.15) is 6.17 Å². The van der Waals surface area contributed by atoms with Gasteiger partial charge in [0, 0.05) is 12.4 Å². The number of carbonyl (C=O) groups is 2. The van der Waals surface area contributed by atoms with Crippen molar-refractivity contribution in [2.75, 3.05) is 0 Å². The standard InChI is InChI=1S/C20H24F3N5O2/c1-12(13-5-7-14(8-6-13)20(21,22)23)25-17(30)15-11-16(29)27-18(26-15)19(2,3)28-10-4-9-24-28/h4-10,12,15,18,26H,11H2,1-3H3,(H,25,30)(H,27,29)/t12-,15?,18?/m1/s1. The highest BCUT2D eigenvalue weighted by molar-refractivity contribution is 5.89. The highest BCUT2D eigenvalue weighted by Gasteiger charge is 2.40. The van der Waals surface area contributed by atoms with Crippen LogP contribution in [0.4, 0.5) is 13.2 Å². The molecule has 2 amide bonds. The lowest BCUT2D eigenvalue weighted by Crippen LogP contribution is -2.67. The van der Waals surface area contributed by atoms with Gasteiger partial charge in [-0.05, 0) is 44.5 Å². The zero-order valence-electron chi connectivity index (χ0n) is 16.8. The quantitative estimate of drug-likeness (QED) is 0.689. The van der Waals surface area contributed by atoms with Gasteiger partial charge in [-0.3, -0.25) is 19.6 Å². The third kappa shape index (κ3) is 4.64. The molecule has 0 aliphatic carbocycles. The summed E-state index contributed by atoms with van der Waals surface area (Å²) in [5.74, 6) is -0.681. The van der Waals surface area contributed by atoms with Crippen molar-refractivity contribution < 1.29 is 22.8 Å². The number of nitrogens with zero attached hydrogens (tertiary/aromatic N) is 2. The van der Waals surface area contributed by atoms with E-state index in [1.54, 1.807) is 30.1 Å². The van der Waals surface area contributed by atoms with E-state index in [1.165, 1.54) is 12.1 Å². The van der Waals surface area contributed by atoms with E-state index in [9.17, 15) is 22.8 Å². The Morgan fingerprint density at radius 2 is 1.93 bits per heavy atom. The summed E-state index contributed by atoms with van der Waals surface area (Å²) in [4.78, 5) is 25.0. The Morgan fingerprint density at radius 3 is 2.50 bits per heavy atom. The molecular weight excluding hydrogens is 399 g/mol. The summed E-state index contributed by atoms with van der Waals surface area (Å²) in [5.41, 5.74) is -0.860. The fraction of sp³-hybridized carbons (Fsp3) is 0.450. The summed E-state index contributed by atoms with van der Waals surface area (Å²) in [7, 11) is 0. The van der Waals surface area contributed by atoms with E-state index in [0.717, 1.165) is 12.1 Å². The Hall–Kier alpha value is -2.88. The first-order chi connectivity index (χ1) is 14.0. The molecule has 2 heterocycles. The first-order valence-electron chi connectivity index (χ1n) is 9.51. The molecule has 0 saturated carbocycles. The second-order valence-corrected chi connectivity index (χ2v) is 7.88. The number of hydrogen-bond acceptors (Lipinski definition) is 4. The van der Waals surface area contributed by atoms with Crippen LogP contribution in [0.2, 0.25) is 0 Å². The number of nitrogens with one attached hydrogen (secondary N) is 3. The van der Waals surface area contributed by atoms with Crippen LogP contribution in [0.1, 0.15) is 44.4 Å². The van der Waals surface area contributed by atoms with Gasteiger partial charge in [0.25, 0.3) is 0 Å². The Labute approximate surface area is 172 Å². The number of benzene rings is 1. The van der Waals surface area contributed by atoms with Gasteiger partial charge in [-0.25, -0.2) is 0 Å². The average Bonchev–Trinajstić information content (AvgIpc) is 3.22. The van der Waals surface area contributed by atoms with E-state index >= 15 is 0 Å². The first kappa shape index (κ1) is 21.8. The van der Waals surface area contributed by atoms with Crippen LogP contribution in [0.15, 0.2) is 42.7 Å². The molecule has 1 aromatic heterocycles. The maximum absolute atomic E-state index is 12.8. The molecule has 162 valence electrons. The lowest BCUT2D eigenvalue weighted by Gasteiger charge is -2.41. The molecule has 7 nitrogen and oxygen atoms in total. The minimum Gasteiger partial charge on any atom is -0.348 e. The van der Waals surface area contributed by atoms with Crippen LogP contribution in [0, 0.1) is 0 Å². The van der Waals surface area contributed by atoms with Gasteiger partial charge in [-0.1, -0.05) is 12.1 Å². The summed E-state index contributed by atoms with van der Waals surface area (Å²) in [6, 6.07) is 5.08. The highest BCUT2D eigenvalue weighted by Crippen LogP contribution is 2.30. The summed E-state index contributed by atoms with van der Waals surface area (Å²) in [6.07, 6.45) is -1.61. The second kappa shape index (κ2) is 8.10. The van der Waals surface area contributed by atoms with Gasteiger partial charge in [0.15, 0.2) is 0 Å². The normalized spacial score (nSPS) is 21.1. The predicted molar refractivity (Wildman–Crippen MR) is 103 cm³/mol. The fourth-order valence-electron chi connectivity index (χ4n) is 3.36. The molecule has 3 atom stereocenters. The van der Waals surface area contributed by atoms with E-state index in [4.69, 9.17) is 0 Å². The topological polar surface area (TPSA) is 88.1 Å². The number of alkyl halides is 3. The molecule has 0 radical (unpaired) electrons. The van der Waals surface area contributed by atoms with Crippen molar-refractivity contribution in [3.63, 3.8) is 0 Å². The molecule has 2 aromatic rings. The summed E-state index contributed by atoms with van der Waals surface area (Å²) in [6.45, 7) is 5.43. The molecule has 30 heavy (non-hydrogen) atoms. The van der Waals surface area contributed by atoms with Crippen molar-refractivity contribution in [2.45, 2.75) is 57.2 Å². The molecule has 1 aliphatic heterocycles. The molecule has 3 rings (SSSR count). The predicted octanol–water partition coefficient (Wildman–Crippen LogP) is 2.32. The molecule has 2 unspecified atom stereocenters. The number of amides is 2. The molecule has 1 aromatic carbocycles. The van der Waals surface area contributed by atoms with Gasteiger partial charge in [-0.2, -0.15) is 18.3 Å². The average molecular weight is 423 g/mol. The number of carbonyl (C=O) groups excluding carboxylic acids is 2. The number of hydrogen-bond donors (Lipinski definition) is 3.